The first-order valence-electron chi connectivity index (χ1n) is 45.7. The van der Waals surface area contributed by atoms with Gasteiger partial charge in [0.2, 0.25) is 0 Å². The number of ether oxygens (including phenoxy) is 6. The molecule has 8 atom stereocenters. The van der Waals surface area contributed by atoms with Crippen molar-refractivity contribution in [1.29, 1.82) is 0 Å². The molecular weight excluding hydrogens is 1820 g/mol. The number of hydrogen-bond donors (Lipinski definition) is 2. The maximum atomic E-state index is 17.3. The van der Waals surface area contributed by atoms with Crippen LogP contribution in [-0.4, -0.2) is 111 Å². The van der Waals surface area contributed by atoms with Crippen LogP contribution < -0.4 is 20.9 Å². The van der Waals surface area contributed by atoms with Crippen molar-refractivity contribution in [3.63, 3.8) is 0 Å². The molecule has 25 aromatic rings. The number of halogens is 18. The minimum absolute atomic E-state index is 0.00630. The third-order valence-corrected chi connectivity index (χ3v) is 37.1. The van der Waals surface area contributed by atoms with Gasteiger partial charge in [0.1, 0.15) is 80.4 Å². The van der Waals surface area contributed by atoms with E-state index in [1.54, 1.807) is 54.7 Å². The monoisotopic (exact) mass is 1850 g/mol. The Morgan fingerprint density at radius 3 is 0.768 bits per heavy atom. The molecule has 16 aliphatic rings. The second kappa shape index (κ2) is 18.7. The van der Waals surface area contributed by atoms with Gasteiger partial charge in [-0.15, -0.1) is 0 Å². The highest BCUT2D eigenvalue weighted by Gasteiger charge is 2.67. The highest BCUT2D eigenvalue weighted by Crippen LogP contribution is 2.81. The van der Waals surface area contributed by atoms with Crippen LogP contribution in [0.2, 0.25) is 0 Å². The van der Waals surface area contributed by atoms with E-state index in [0.29, 0.717) is 205 Å². The number of rotatable bonds is 12. The molecule has 0 saturated heterocycles. The Balaban J connectivity index is 0.944. The Labute approximate surface area is 747 Å². The molecule has 0 fully saturated rings. The fourth-order valence-electron chi connectivity index (χ4n) is 34.9. The zero-order valence-corrected chi connectivity index (χ0v) is 68.9. The lowest BCUT2D eigenvalue weighted by Gasteiger charge is -2.54. The summed E-state index contributed by atoms with van der Waals surface area (Å²) in [6, 6.07) is 7.42. The summed E-state index contributed by atoms with van der Waals surface area (Å²) in [5.41, 5.74) is -7.44. The van der Waals surface area contributed by atoms with Crippen LogP contribution in [0.15, 0.2) is 70.9 Å². The van der Waals surface area contributed by atoms with Gasteiger partial charge in [0.05, 0.1) is 6.10 Å². The smallest absolute Gasteiger partial charge is 0.384 e. The van der Waals surface area contributed by atoms with Gasteiger partial charge in [-0.25, -0.2) is 0 Å². The van der Waals surface area contributed by atoms with Crippen molar-refractivity contribution in [3.8, 4) is 0 Å². The lowest BCUT2D eigenvalue weighted by atomic mass is 9.52. The molecule has 41 rings (SSSR count). The van der Waals surface area contributed by atoms with Crippen molar-refractivity contribution in [2.24, 2.45) is 0 Å². The number of aliphatic hydroxyl groups excluding tert-OH is 1. The van der Waals surface area contributed by atoms with Crippen LogP contribution in [0.3, 0.4) is 0 Å². The van der Waals surface area contributed by atoms with Crippen molar-refractivity contribution >= 4 is 329 Å². The molecule has 0 aliphatic heterocycles. The van der Waals surface area contributed by atoms with Crippen LogP contribution in [0.5, 0.6) is 0 Å². The van der Waals surface area contributed by atoms with Gasteiger partial charge in [0.25, 0.3) is 0 Å². The van der Waals surface area contributed by atoms with E-state index in [0.717, 1.165) is 0 Å². The van der Waals surface area contributed by atoms with E-state index in [4.69, 9.17) is 28.4 Å². The normalized spacial score (nSPS) is 24.8. The summed E-state index contributed by atoms with van der Waals surface area (Å²) in [6.45, 7) is -11.9. The van der Waals surface area contributed by atoms with E-state index in [-0.39, 0.29) is 208 Å². The first-order valence-corrected chi connectivity index (χ1v) is 45.7. The van der Waals surface area contributed by atoms with E-state index in [2.05, 4.69) is 0 Å². The first-order chi connectivity index (χ1) is 66.1. The molecule has 2 N–H and O–H groups in total. The molecule has 0 heterocycles. The standard InChI is InChI=1S/C112H34F18O8/c113-103(114,115)17-133-40-15-33-34-16-42(135-19-105(119,120)121)54-38-12-8-29-24-2-1-23-27-5-9-35-52(40)56-49(33)61-62-50(34)58(54)90-78-70(62)74-66-45-25-3-4-26-30-7-11-37-53-41(134-18-104(116,117)118)14-32-31-13-39(131)51-36-10-6-28(25)96-85(66)82(78)93-94-81-77-68-59(47(31)55(51)88(77)100(93)110(36,96)136-20-106(122,123)124)60-48(32)57(53)89-76-69(60)71-63(43(23)44(24)64(73(68)71)86(81)98(29)112(38,102(90)94)138-22-108(128,129)130)83-79(76)91-92-80-75(87(56)99(91)109(35,132)95(27)83)67(61)72(74)65(46(26)45)84(80)97(30)111(37,101(89)92)137-21-107(125,126)127/h1-16,39-42,131-132H,17-22H2. The molecule has 8 nitrogen and oxygen atoms in total. The molecule has 25 aromatic carbocycles. The second-order valence-corrected chi connectivity index (χ2v) is 41.9. The van der Waals surface area contributed by atoms with Crippen LogP contribution in [-0.2, 0) is 50.8 Å². The first kappa shape index (κ1) is 70.1. The van der Waals surface area contributed by atoms with Gasteiger partial charge in [-0.3, -0.25) is 0 Å². The van der Waals surface area contributed by atoms with Gasteiger partial charge in [-0.1, -0.05) is 72.9 Å². The zero-order valence-electron chi connectivity index (χ0n) is 68.9. The fraction of sp³-hybridized carbons (Fsp3) is 0.179. The molecular formula is C112H34F18O8. The highest BCUT2D eigenvalue weighted by atomic mass is 19.4. The SMILES string of the molecule is OC1C=c2c3c4c5c6c7c8c9c%10c%11c%12c%13c%14c%15c%16c%17c%18c%19c%20c%21c%22c%23c(c2c2c4c4c6c9c6c9c(c%24ccc%25c%26c(c%27c%20c%23c2c2c%27c%25c%24c6c42)C%19(OCC(F)(F)F)C(=C%17C(OCC(F)(F)F)C=%15)C=C%26)C=CC(=C%12C(OCC(F)(F)F)C=%14)C%109O)C1=C1C=Cc2c(c4c%21c%18c6c%16c%13c9c%11c8c8c%10c(c%11ccc2c2c%11c8c9c6c42)C=CC(=C5C(OCC(F)(F)F)C=3)C7%10OCC(F)(F)F)C1%22OCC(F)(F)F. The van der Waals surface area contributed by atoms with Crippen LogP contribution in [0.1, 0.15) is 89.0 Å². The Hall–Kier alpha value is -13.5. The average Bonchev–Trinajstić information content (AvgIpc) is 0.591. The fourth-order valence-corrected chi connectivity index (χ4v) is 34.9. The van der Waals surface area contributed by atoms with Crippen LogP contribution in [0, 0.1) is 0 Å². The Kier molecular flexibility index (Phi) is 9.52. The Bertz CT molecular complexity index is 11600. The topological polar surface area (TPSA) is 95.8 Å². The second-order valence-electron chi connectivity index (χ2n) is 41.9. The summed E-state index contributed by atoms with van der Waals surface area (Å²) in [6.07, 6.45) is -18.8. The molecule has 0 radical (unpaired) electrons. The van der Waals surface area contributed by atoms with Crippen molar-refractivity contribution in [3.05, 3.63) is 181 Å². The summed E-state index contributed by atoms with van der Waals surface area (Å²) < 4.78 is 344. The summed E-state index contributed by atoms with van der Waals surface area (Å²) in [4.78, 5) is 0. The van der Waals surface area contributed by atoms with E-state index in [9.17, 15) is 5.11 Å². The van der Waals surface area contributed by atoms with E-state index in [1.165, 1.54) is 12.2 Å². The zero-order chi connectivity index (χ0) is 91.0. The molecule has 8 unspecified atom stereocenters. The molecule has 0 amide bonds. The van der Waals surface area contributed by atoms with Gasteiger partial charge in [-0.05, 0) is 393 Å². The number of alkyl halides is 18. The van der Waals surface area contributed by atoms with Gasteiger partial charge in [0.15, 0.2) is 0 Å². The predicted octanol–water partition coefficient (Wildman–Crippen LogP) is 24.4. The third-order valence-electron chi connectivity index (χ3n) is 37.1. The quantitative estimate of drug-likeness (QED) is 0.0710. The largest absolute Gasteiger partial charge is 0.411 e. The average molecular weight is 1850 g/mol. The number of hydrogen-bond acceptors (Lipinski definition) is 8. The molecule has 16 aliphatic carbocycles. The molecule has 0 aromatic heterocycles. The molecule has 0 saturated carbocycles. The minimum atomic E-state index is -5.28. The van der Waals surface area contributed by atoms with Gasteiger partial charge >= 0.3 is 37.1 Å². The minimum Gasteiger partial charge on any atom is -0.384 e. The van der Waals surface area contributed by atoms with Crippen LogP contribution in [0.4, 0.5) is 79.0 Å². The van der Waals surface area contributed by atoms with E-state index in [1.807, 2.05) is 30.3 Å². The number of benzene rings is 24. The summed E-state index contributed by atoms with van der Waals surface area (Å²) in [7, 11) is 0. The lowest BCUT2D eigenvalue weighted by Crippen LogP contribution is -2.47. The molecule has 20 bridgehead atoms. The van der Waals surface area contributed by atoms with E-state index >= 15 is 84.1 Å². The third kappa shape index (κ3) is 5.94. The Morgan fingerprint density at radius 1 is 0.225 bits per heavy atom. The molecule has 138 heavy (non-hydrogen) atoms. The Morgan fingerprint density at radius 2 is 0.449 bits per heavy atom. The van der Waals surface area contributed by atoms with Crippen molar-refractivity contribution in [1.82, 2.24) is 0 Å². The van der Waals surface area contributed by atoms with Crippen LogP contribution in [0.25, 0.3) is 329 Å². The van der Waals surface area contributed by atoms with Gasteiger partial charge in [0, 0.05) is 44.5 Å². The summed E-state index contributed by atoms with van der Waals surface area (Å²) >= 11 is 0. The van der Waals surface area contributed by atoms with E-state index < -0.39 is 124 Å². The lowest BCUT2D eigenvalue weighted by molar-refractivity contribution is -0.194. The maximum Gasteiger partial charge on any atom is 0.411 e. The summed E-state index contributed by atoms with van der Waals surface area (Å²) in [5, 5.41) is 49.4. The molecule has 26 heteroatoms. The van der Waals surface area contributed by atoms with Crippen molar-refractivity contribution in [2.75, 3.05) is 39.6 Å². The number of fused-ring (bicyclic) bond motifs is 6. The molecule has 656 valence electrons. The molecule has 0 spiro atoms. The number of aliphatic hydroxyl groups is 2. The van der Waals surface area contributed by atoms with Crippen molar-refractivity contribution < 1.29 is 118 Å². The predicted molar refractivity (Wildman–Crippen MR) is 489 cm³/mol. The summed E-state index contributed by atoms with van der Waals surface area (Å²) in [5.74, 6) is 0. The van der Waals surface area contributed by atoms with Crippen LogP contribution >= 0.6 is 0 Å². The van der Waals surface area contributed by atoms with Crippen molar-refractivity contribution in [2.45, 2.75) is 83.9 Å². The maximum absolute atomic E-state index is 17.3. The highest BCUT2D eigenvalue weighted by molar-refractivity contribution is 6.69. The van der Waals surface area contributed by atoms with Gasteiger partial charge < -0.3 is 38.6 Å². The van der Waals surface area contributed by atoms with Gasteiger partial charge in [-0.2, -0.15) is 79.0 Å².